The molecule has 0 aliphatic carbocycles. The van der Waals surface area contributed by atoms with Crippen LogP contribution in [0.4, 0.5) is 0 Å². The third kappa shape index (κ3) is 3.40. The summed E-state index contributed by atoms with van der Waals surface area (Å²) in [7, 11) is 3.45. The average Bonchev–Trinajstić information content (AvgIpc) is 2.39. The number of hydrogen-bond donors (Lipinski definition) is 0. The first-order valence-electron chi connectivity index (χ1n) is 6.40. The normalized spacial score (nSPS) is 12.5. The molecule has 0 aromatic heterocycles. The molecule has 0 amide bonds. The zero-order chi connectivity index (χ0) is 14.6. The fourth-order valence-electron chi connectivity index (χ4n) is 1.94. The van der Waals surface area contributed by atoms with Gasteiger partial charge in [-0.2, -0.15) is 0 Å². The van der Waals surface area contributed by atoms with Crippen LogP contribution in [-0.2, 0) is 9.53 Å². The van der Waals surface area contributed by atoms with E-state index in [9.17, 15) is 4.79 Å². The van der Waals surface area contributed by atoms with Crippen LogP contribution in [0.2, 0.25) is 0 Å². The van der Waals surface area contributed by atoms with Crippen LogP contribution in [0.15, 0.2) is 12.1 Å². The molecule has 0 saturated heterocycles. The molecule has 1 atom stereocenters. The molecule has 102 valence electrons. The SMILES string of the molecule is Bc1c(C)cc(OC(C)C(=O)OC)c(/C=C/C)c1C. The highest BCUT2D eigenvalue weighted by atomic mass is 16.6. The number of carbonyl (C=O) groups excluding carboxylic acids is 1. The number of ether oxygens (including phenoxy) is 2. The van der Waals surface area contributed by atoms with Crippen molar-refractivity contribution >= 4 is 25.4 Å². The Bertz CT molecular complexity index is 507. The van der Waals surface area contributed by atoms with Crippen LogP contribution < -0.4 is 10.2 Å². The van der Waals surface area contributed by atoms with E-state index in [0.29, 0.717) is 0 Å². The maximum atomic E-state index is 11.5. The molecule has 1 rings (SSSR count). The highest BCUT2D eigenvalue weighted by Gasteiger charge is 2.18. The molecule has 4 heteroatoms. The molecule has 0 fully saturated rings. The van der Waals surface area contributed by atoms with Gasteiger partial charge in [0, 0.05) is 5.56 Å². The van der Waals surface area contributed by atoms with E-state index in [1.807, 2.05) is 32.1 Å². The van der Waals surface area contributed by atoms with Gasteiger partial charge in [0.1, 0.15) is 13.6 Å². The summed E-state index contributed by atoms with van der Waals surface area (Å²) in [6.45, 7) is 7.75. The molecule has 1 unspecified atom stereocenters. The summed E-state index contributed by atoms with van der Waals surface area (Å²) in [6.07, 6.45) is 3.35. The summed E-state index contributed by atoms with van der Waals surface area (Å²) in [5.74, 6) is 0.346. The van der Waals surface area contributed by atoms with E-state index in [0.717, 1.165) is 16.9 Å². The minimum atomic E-state index is -0.615. The molecule has 0 bridgehead atoms. The van der Waals surface area contributed by atoms with Gasteiger partial charge in [-0.25, -0.2) is 4.79 Å². The third-order valence-electron chi connectivity index (χ3n) is 3.34. The van der Waals surface area contributed by atoms with Gasteiger partial charge in [-0.05, 0) is 39.3 Å². The second kappa shape index (κ2) is 6.46. The summed E-state index contributed by atoms with van der Waals surface area (Å²) < 4.78 is 10.4. The first-order chi connectivity index (χ1) is 8.92. The molecule has 0 aliphatic rings. The first kappa shape index (κ1) is 15.4. The number of benzene rings is 1. The second-order valence-electron chi connectivity index (χ2n) is 4.64. The van der Waals surface area contributed by atoms with Crippen molar-refractivity contribution in [2.24, 2.45) is 0 Å². The van der Waals surface area contributed by atoms with Gasteiger partial charge in [0.2, 0.25) is 0 Å². The van der Waals surface area contributed by atoms with Gasteiger partial charge < -0.3 is 9.47 Å². The average molecular weight is 260 g/mol. The number of hydrogen-bond acceptors (Lipinski definition) is 3. The second-order valence-corrected chi connectivity index (χ2v) is 4.64. The van der Waals surface area contributed by atoms with Crippen molar-refractivity contribution in [1.29, 1.82) is 0 Å². The van der Waals surface area contributed by atoms with Gasteiger partial charge in [0.25, 0.3) is 0 Å². The monoisotopic (exact) mass is 260 g/mol. The van der Waals surface area contributed by atoms with E-state index in [1.165, 1.54) is 18.1 Å². The number of aryl methyl sites for hydroxylation is 1. The fourth-order valence-corrected chi connectivity index (χ4v) is 1.94. The molecule has 0 aliphatic heterocycles. The Kier molecular flexibility index (Phi) is 5.22. The maximum Gasteiger partial charge on any atom is 0.346 e. The minimum absolute atomic E-state index is 0.373. The number of allylic oxidation sites excluding steroid dienone is 1. The zero-order valence-corrected chi connectivity index (χ0v) is 12.5. The van der Waals surface area contributed by atoms with E-state index in [2.05, 4.69) is 19.5 Å². The molecule has 0 radical (unpaired) electrons. The lowest BCUT2D eigenvalue weighted by Crippen LogP contribution is -2.26. The van der Waals surface area contributed by atoms with Gasteiger partial charge in [-0.3, -0.25) is 0 Å². The maximum absolute atomic E-state index is 11.5. The Morgan fingerprint density at radius 1 is 1.42 bits per heavy atom. The molecule has 1 aromatic carbocycles. The Labute approximate surface area is 116 Å². The number of esters is 1. The zero-order valence-electron chi connectivity index (χ0n) is 12.5. The molecular formula is C15H21BO3. The van der Waals surface area contributed by atoms with Gasteiger partial charge in [-0.1, -0.05) is 23.2 Å². The van der Waals surface area contributed by atoms with E-state index in [1.54, 1.807) is 6.92 Å². The van der Waals surface area contributed by atoms with Crippen LogP contribution >= 0.6 is 0 Å². The highest BCUT2D eigenvalue weighted by molar-refractivity contribution is 6.34. The molecule has 0 N–H and O–H groups in total. The van der Waals surface area contributed by atoms with Crippen molar-refractivity contribution in [2.45, 2.75) is 33.8 Å². The first-order valence-corrected chi connectivity index (χ1v) is 6.40. The molecule has 1 aromatic rings. The summed E-state index contributed by atoms with van der Waals surface area (Å²) in [4.78, 5) is 11.5. The lowest BCUT2D eigenvalue weighted by molar-refractivity contribution is -0.147. The van der Waals surface area contributed by atoms with Crippen molar-refractivity contribution < 1.29 is 14.3 Å². The summed E-state index contributed by atoms with van der Waals surface area (Å²) in [6, 6.07) is 1.97. The summed E-state index contributed by atoms with van der Waals surface area (Å²) in [5, 5.41) is 0. The van der Waals surface area contributed by atoms with Crippen molar-refractivity contribution in [3.8, 4) is 5.75 Å². The van der Waals surface area contributed by atoms with Crippen LogP contribution in [0, 0.1) is 13.8 Å². The molecule has 0 saturated carbocycles. The lowest BCUT2D eigenvalue weighted by atomic mass is 9.84. The Morgan fingerprint density at radius 2 is 2.05 bits per heavy atom. The minimum Gasteiger partial charge on any atom is -0.478 e. The van der Waals surface area contributed by atoms with Crippen LogP contribution in [0.5, 0.6) is 5.75 Å². The quantitative estimate of drug-likeness (QED) is 0.608. The van der Waals surface area contributed by atoms with Gasteiger partial charge in [0.05, 0.1) is 7.11 Å². The smallest absolute Gasteiger partial charge is 0.346 e. The predicted molar refractivity (Wildman–Crippen MR) is 80.9 cm³/mol. The lowest BCUT2D eigenvalue weighted by Gasteiger charge is -2.18. The van der Waals surface area contributed by atoms with Gasteiger partial charge >= 0.3 is 5.97 Å². The predicted octanol–water partition coefficient (Wildman–Crippen LogP) is 1.54. The highest BCUT2D eigenvalue weighted by Crippen LogP contribution is 2.25. The topological polar surface area (TPSA) is 35.5 Å². The van der Waals surface area contributed by atoms with Crippen LogP contribution in [0.1, 0.15) is 30.5 Å². The molecule has 19 heavy (non-hydrogen) atoms. The van der Waals surface area contributed by atoms with E-state index < -0.39 is 6.10 Å². The molecular weight excluding hydrogens is 239 g/mol. The fraction of sp³-hybridized carbons (Fsp3) is 0.400. The Morgan fingerprint density at radius 3 is 2.58 bits per heavy atom. The van der Waals surface area contributed by atoms with E-state index in [-0.39, 0.29) is 5.97 Å². The van der Waals surface area contributed by atoms with Crippen molar-refractivity contribution in [2.75, 3.05) is 7.11 Å². The van der Waals surface area contributed by atoms with Gasteiger partial charge in [0.15, 0.2) is 6.10 Å². The van der Waals surface area contributed by atoms with Crippen molar-refractivity contribution in [3.63, 3.8) is 0 Å². The van der Waals surface area contributed by atoms with Crippen molar-refractivity contribution in [3.05, 3.63) is 28.8 Å². The molecule has 3 nitrogen and oxygen atoms in total. The molecule has 0 spiro atoms. The van der Waals surface area contributed by atoms with Crippen LogP contribution in [0.25, 0.3) is 6.08 Å². The summed E-state index contributed by atoms with van der Waals surface area (Å²) >= 11 is 0. The Hall–Kier alpha value is -1.71. The number of rotatable bonds is 4. The third-order valence-corrected chi connectivity index (χ3v) is 3.34. The largest absolute Gasteiger partial charge is 0.478 e. The van der Waals surface area contributed by atoms with Crippen LogP contribution in [-0.4, -0.2) is 27.0 Å². The molecule has 0 heterocycles. The van der Waals surface area contributed by atoms with Gasteiger partial charge in [-0.15, -0.1) is 0 Å². The van der Waals surface area contributed by atoms with E-state index >= 15 is 0 Å². The van der Waals surface area contributed by atoms with E-state index in [4.69, 9.17) is 4.74 Å². The summed E-state index contributed by atoms with van der Waals surface area (Å²) in [5.41, 5.74) is 4.58. The van der Waals surface area contributed by atoms with Crippen molar-refractivity contribution in [1.82, 2.24) is 0 Å². The standard InChI is InChI=1S/C15H21BO3/c1-6-7-12-10(3)14(16)9(2)8-13(12)19-11(4)15(17)18-5/h6-8,11H,16H2,1-5H3/b7-6+. The van der Waals surface area contributed by atoms with Crippen LogP contribution in [0.3, 0.4) is 0 Å². The Balaban J connectivity index is 3.23. The number of methoxy groups -OCH3 is 1. The number of carbonyl (C=O) groups is 1.